The number of hydrogen-bond donors (Lipinski definition) is 1. The van der Waals surface area contributed by atoms with E-state index in [4.69, 9.17) is 5.73 Å². The number of sulfone groups is 1. The normalized spacial score (nSPS) is 31.6. The van der Waals surface area contributed by atoms with Crippen LogP contribution in [0, 0.1) is 11.8 Å². The minimum Gasteiger partial charge on any atom is -0.327 e. The van der Waals surface area contributed by atoms with Gasteiger partial charge in [0, 0.05) is 6.04 Å². The van der Waals surface area contributed by atoms with E-state index < -0.39 is 9.84 Å². The molecule has 1 rings (SSSR count). The van der Waals surface area contributed by atoms with Crippen molar-refractivity contribution in [1.29, 1.82) is 0 Å². The van der Waals surface area contributed by atoms with Crippen molar-refractivity contribution in [2.45, 2.75) is 76.3 Å². The van der Waals surface area contributed by atoms with Gasteiger partial charge in [0.25, 0.3) is 0 Å². The highest BCUT2D eigenvalue weighted by Crippen LogP contribution is 2.33. The predicted octanol–water partition coefficient (Wildman–Crippen LogP) is 2.74. The molecule has 4 unspecified atom stereocenters. The lowest BCUT2D eigenvalue weighted by Crippen LogP contribution is -2.48. The van der Waals surface area contributed by atoms with Gasteiger partial charge in [0.2, 0.25) is 0 Å². The van der Waals surface area contributed by atoms with Crippen molar-refractivity contribution >= 4 is 9.84 Å². The van der Waals surface area contributed by atoms with Crippen molar-refractivity contribution in [3.05, 3.63) is 0 Å². The Morgan fingerprint density at radius 2 is 1.83 bits per heavy atom. The molecule has 1 aliphatic carbocycles. The first-order chi connectivity index (χ1) is 8.30. The summed E-state index contributed by atoms with van der Waals surface area (Å²) in [4.78, 5) is 0. The van der Waals surface area contributed by atoms with E-state index in [1.807, 2.05) is 20.8 Å². The Hall–Kier alpha value is -0.0900. The highest BCUT2D eigenvalue weighted by Gasteiger charge is 2.40. The van der Waals surface area contributed by atoms with Gasteiger partial charge in [0.15, 0.2) is 9.84 Å². The van der Waals surface area contributed by atoms with Crippen LogP contribution in [-0.2, 0) is 9.84 Å². The molecule has 108 valence electrons. The van der Waals surface area contributed by atoms with E-state index in [0.717, 1.165) is 32.1 Å². The molecular formula is C14H29NO2S. The number of hydrogen-bond acceptors (Lipinski definition) is 3. The summed E-state index contributed by atoms with van der Waals surface area (Å²) in [5.74, 6) is 0.711. The van der Waals surface area contributed by atoms with Crippen molar-refractivity contribution < 1.29 is 8.42 Å². The van der Waals surface area contributed by atoms with Crippen LogP contribution in [0.1, 0.15) is 59.8 Å². The van der Waals surface area contributed by atoms with E-state index in [9.17, 15) is 8.42 Å². The molecule has 0 aromatic heterocycles. The molecule has 0 spiro atoms. The SMILES string of the molecule is CCCC1CCC(N)C(S(=O)(=O)C(C)C(C)C)C1. The summed E-state index contributed by atoms with van der Waals surface area (Å²) in [6, 6.07) is -0.163. The zero-order chi connectivity index (χ0) is 13.9. The first kappa shape index (κ1) is 16.0. The second-order valence-electron chi connectivity index (χ2n) is 6.21. The number of nitrogens with two attached hydrogens (primary N) is 1. The fourth-order valence-corrected chi connectivity index (χ4v) is 5.41. The van der Waals surface area contributed by atoms with E-state index in [2.05, 4.69) is 6.92 Å². The van der Waals surface area contributed by atoms with Gasteiger partial charge < -0.3 is 5.73 Å². The Bertz CT molecular complexity index is 351. The van der Waals surface area contributed by atoms with Gasteiger partial charge in [-0.25, -0.2) is 8.42 Å². The fraction of sp³-hybridized carbons (Fsp3) is 1.00. The third-order valence-corrected chi connectivity index (χ3v) is 7.49. The minimum absolute atomic E-state index is 0.161. The molecule has 18 heavy (non-hydrogen) atoms. The summed E-state index contributed by atoms with van der Waals surface area (Å²) in [6.45, 7) is 7.94. The Balaban J connectivity index is 2.84. The van der Waals surface area contributed by atoms with Crippen LogP contribution < -0.4 is 5.73 Å². The highest BCUT2D eigenvalue weighted by molar-refractivity contribution is 7.92. The van der Waals surface area contributed by atoms with E-state index in [1.54, 1.807) is 0 Å². The highest BCUT2D eigenvalue weighted by atomic mass is 32.2. The summed E-state index contributed by atoms with van der Waals surface area (Å²) in [7, 11) is -3.09. The maximum Gasteiger partial charge on any atom is 0.157 e. The molecule has 0 aromatic rings. The van der Waals surface area contributed by atoms with Crippen LogP contribution in [0.25, 0.3) is 0 Å². The summed E-state index contributed by atoms with van der Waals surface area (Å²) >= 11 is 0. The van der Waals surface area contributed by atoms with E-state index in [-0.39, 0.29) is 22.5 Å². The van der Waals surface area contributed by atoms with Crippen LogP contribution in [0.2, 0.25) is 0 Å². The maximum absolute atomic E-state index is 12.6. The monoisotopic (exact) mass is 275 g/mol. The molecule has 0 bridgehead atoms. The lowest BCUT2D eigenvalue weighted by molar-refractivity contribution is 0.307. The summed E-state index contributed by atoms with van der Waals surface area (Å²) in [5.41, 5.74) is 6.08. The van der Waals surface area contributed by atoms with Gasteiger partial charge in [-0.3, -0.25) is 0 Å². The topological polar surface area (TPSA) is 60.2 Å². The fourth-order valence-electron chi connectivity index (χ4n) is 2.94. The standard InChI is InChI=1S/C14H29NO2S/c1-5-6-12-7-8-13(15)14(9-12)18(16,17)11(4)10(2)3/h10-14H,5-9,15H2,1-4H3. The Kier molecular flexibility index (Phi) is 5.66. The first-order valence-corrected chi connectivity index (χ1v) is 8.89. The minimum atomic E-state index is -3.09. The summed E-state index contributed by atoms with van der Waals surface area (Å²) < 4.78 is 25.2. The molecule has 1 aliphatic rings. The van der Waals surface area contributed by atoms with E-state index >= 15 is 0 Å². The molecule has 0 aliphatic heterocycles. The quantitative estimate of drug-likeness (QED) is 0.839. The van der Waals surface area contributed by atoms with Crippen LogP contribution in [0.4, 0.5) is 0 Å². The lowest BCUT2D eigenvalue weighted by atomic mass is 9.83. The molecule has 0 saturated heterocycles. The van der Waals surface area contributed by atoms with Crippen LogP contribution in [-0.4, -0.2) is 25.0 Å². The average Bonchev–Trinajstić information content (AvgIpc) is 2.30. The molecule has 0 amide bonds. The van der Waals surface area contributed by atoms with Crippen molar-refractivity contribution in [3.63, 3.8) is 0 Å². The zero-order valence-corrected chi connectivity index (χ0v) is 13.0. The van der Waals surface area contributed by atoms with Crippen LogP contribution in [0.5, 0.6) is 0 Å². The largest absolute Gasteiger partial charge is 0.327 e. The van der Waals surface area contributed by atoms with Gasteiger partial charge in [-0.15, -0.1) is 0 Å². The summed E-state index contributed by atoms with van der Waals surface area (Å²) in [5, 5.41) is -0.603. The molecule has 2 N–H and O–H groups in total. The van der Waals surface area contributed by atoms with Gasteiger partial charge in [0.1, 0.15) is 0 Å². The lowest BCUT2D eigenvalue weighted by Gasteiger charge is -2.36. The molecule has 1 saturated carbocycles. The van der Waals surface area contributed by atoms with Gasteiger partial charge in [-0.1, -0.05) is 33.6 Å². The maximum atomic E-state index is 12.6. The molecule has 3 nitrogen and oxygen atoms in total. The van der Waals surface area contributed by atoms with Crippen LogP contribution in [0.15, 0.2) is 0 Å². The predicted molar refractivity (Wildman–Crippen MR) is 77.2 cm³/mol. The van der Waals surface area contributed by atoms with Gasteiger partial charge in [-0.05, 0) is 38.0 Å². The van der Waals surface area contributed by atoms with Crippen molar-refractivity contribution in [2.24, 2.45) is 17.6 Å². The Labute approximate surface area is 112 Å². The molecule has 0 aromatic carbocycles. The van der Waals surface area contributed by atoms with Crippen LogP contribution in [0.3, 0.4) is 0 Å². The average molecular weight is 275 g/mol. The van der Waals surface area contributed by atoms with E-state index in [1.165, 1.54) is 0 Å². The van der Waals surface area contributed by atoms with Crippen LogP contribution >= 0.6 is 0 Å². The van der Waals surface area contributed by atoms with Gasteiger partial charge in [-0.2, -0.15) is 0 Å². The van der Waals surface area contributed by atoms with Gasteiger partial charge in [0.05, 0.1) is 10.5 Å². The number of rotatable bonds is 5. The Morgan fingerprint density at radius 3 is 2.33 bits per heavy atom. The molecule has 4 atom stereocenters. The third-order valence-electron chi connectivity index (χ3n) is 4.53. The molecule has 0 radical (unpaired) electrons. The molecule has 0 heterocycles. The molecule has 4 heteroatoms. The van der Waals surface area contributed by atoms with E-state index in [0.29, 0.717) is 5.92 Å². The second kappa shape index (κ2) is 6.38. The van der Waals surface area contributed by atoms with Gasteiger partial charge >= 0.3 is 0 Å². The Morgan fingerprint density at radius 1 is 1.22 bits per heavy atom. The molecular weight excluding hydrogens is 246 g/mol. The zero-order valence-electron chi connectivity index (χ0n) is 12.2. The summed E-state index contributed by atoms with van der Waals surface area (Å²) in [6.07, 6.45) is 4.99. The smallest absolute Gasteiger partial charge is 0.157 e. The van der Waals surface area contributed by atoms with Crippen molar-refractivity contribution in [2.75, 3.05) is 0 Å². The second-order valence-corrected chi connectivity index (χ2v) is 8.74. The molecule has 1 fully saturated rings. The third kappa shape index (κ3) is 3.47. The van der Waals surface area contributed by atoms with Crippen molar-refractivity contribution in [3.8, 4) is 0 Å². The first-order valence-electron chi connectivity index (χ1n) is 7.29. The van der Waals surface area contributed by atoms with Crippen molar-refractivity contribution in [1.82, 2.24) is 0 Å².